The van der Waals surface area contributed by atoms with Gasteiger partial charge in [0.05, 0.1) is 18.2 Å². The molecule has 3 atom stereocenters. The number of carbonyl (C=O) groups is 1. The van der Waals surface area contributed by atoms with E-state index in [1.807, 2.05) is 37.3 Å². The Hall–Kier alpha value is -2.17. The van der Waals surface area contributed by atoms with Gasteiger partial charge in [-0.2, -0.15) is 0 Å². The molecule has 0 saturated heterocycles. The number of aryl methyl sites for hydroxylation is 2. The van der Waals surface area contributed by atoms with Crippen molar-refractivity contribution in [1.82, 2.24) is 4.90 Å². The summed E-state index contributed by atoms with van der Waals surface area (Å²) in [5.41, 5.74) is 10.7. The van der Waals surface area contributed by atoms with E-state index in [2.05, 4.69) is 32.0 Å². The molecular formula is C23H32N2O2. The van der Waals surface area contributed by atoms with Crippen LogP contribution in [0.5, 0.6) is 0 Å². The smallest absolute Gasteiger partial charge is 0.239 e. The van der Waals surface area contributed by atoms with Gasteiger partial charge in [0.15, 0.2) is 0 Å². The molecule has 0 bridgehead atoms. The van der Waals surface area contributed by atoms with Crippen molar-refractivity contribution < 1.29 is 9.90 Å². The Labute approximate surface area is 163 Å². The molecule has 4 heteroatoms. The summed E-state index contributed by atoms with van der Waals surface area (Å²) < 4.78 is 0. The largest absolute Gasteiger partial charge is 0.386 e. The Morgan fingerprint density at radius 1 is 1.07 bits per heavy atom. The number of nitrogens with zero attached hydrogens (tertiary/aromatic N) is 1. The topological polar surface area (TPSA) is 66.6 Å². The van der Waals surface area contributed by atoms with Crippen molar-refractivity contribution in [2.75, 3.05) is 7.05 Å². The molecule has 4 nitrogen and oxygen atoms in total. The van der Waals surface area contributed by atoms with Crippen LogP contribution in [-0.2, 0) is 24.1 Å². The summed E-state index contributed by atoms with van der Waals surface area (Å²) >= 11 is 0. The van der Waals surface area contributed by atoms with Crippen molar-refractivity contribution in [3.8, 4) is 0 Å². The quantitative estimate of drug-likeness (QED) is 0.751. The van der Waals surface area contributed by atoms with Crippen LogP contribution in [-0.4, -0.2) is 35.0 Å². The highest BCUT2D eigenvalue weighted by Crippen LogP contribution is 2.21. The molecule has 27 heavy (non-hydrogen) atoms. The van der Waals surface area contributed by atoms with Gasteiger partial charge in [0.2, 0.25) is 5.91 Å². The molecule has 0 aliphatic rings. The van der Waals surface area contributed by atoms with Crippen molar-refractivity contribution in [3.05, 3.63) is 70.8 Å². The Balaban J connectivity index is 2.05. The van der Waals surface area contributed by atoms with Crippen molar-refractivity contribution in [3.63, 3.8) is 0 Å². The zero-order valence-corrected chi connectivity index (χ0v) is 16.9. The predicted molar refractivity (Wildman–Crippen MR) is 111 cm³/mol. The molecule has 0 fully saturated rings. The molecule has 2 aromatic carbocycles. The number of hydrogen-bond donors (Lipinski definition) is 2. The van der Waals surface area contributed by atoms with Crippen molar-refractivity contribution in [2.45, 2.75) is 58.2 Å². The number of amides is 1. The highest BCUT2D eigenvalue weighted by atomic mass is 16.3. The highest BCUT2D eigenvalue weighted by Gasteiger charge is 2.27. The fraction of sp³-hybridized carbons (Fsp3) is 0.435. The van der Waals surface area contributed by atoms with Gasteiger partial charge in [-0.3, -0.25) is 4.79 Å². The summed E-state index contributed by atoms with van der Waals surface area (Å²) in [6.07, 6.45) is 1.73. The summed E-state index contributed by atoms with van der Waals surface area (Å²) in [5.74, 6) is -0.157. The Morgan fingerprint density at radius 3 is 2.30 bits per heavy atom. The number of likely N-dealkylation sites (N-methyl/N-ethyl adjacent to an activating group) is 1. The van der Waals surface area contributed by atoms with Crippen LogP contribution in [0.1, 0.15) is 49.1 Å². The third-order valence-electron chi connectivity index (χ3n) is 5.36. The second kappa shape index (κ2) is 9.67. The van der Waals surface area contributed by atoms with Crippen LogP contribution in [0.3, 0.4) is 0 Å². The Morgan fingerprint density at radius 2 is 1.70 bits per heavy atom. The number of rotatable bonds is 8. The molecule has 0 heterocycles. The molecule has 2 aromatic rings. The first-order valence-electron chi connectivity index (χ1n) is 9.74. The SMILES string of the molecule is CCc1ccc(CC(N)C(=O)N(C)[C@@H](C)[C@@H](O)c2ccccc2)cc1CC. The van der Waals surface area contributed by atoms with E-state index >= 15 is 0 Å². The van der Waals surface area contributed by atoms with Crippen LogP contribution in [0.15, 0.2) is 48.5 Å². The van der Waals surface area contributed by atoms with Gasteiger partial charge < -0.3 is 15.7 Å². The number of aliphatic hydroxyl groups excluding tert-OH is 1. The van der Waals surface area contributed by atoms with Crippen LogP contribution < -0.4 is 5.73 Å². The molecule has 2 rings (SSSR count). The maximum absolute atomic E-state index is 12.8. The summed E-state index contributed by atoms with van der Waals surface area (Å²) in [4.78, 5) is 14.4. The van der Waals surface area contributed by atoms with E-state index in [1.165, 1.54) is 11.1 Å². The number of nitrogens with two attached hydrogens (primary N) is 1. The second-order valence-corrected chi connectivity index (χ2v) is 7.17. The van der Waals surface area contributed by atoms with Gasteiger partial charge in [-0.05, 0) is 48.4 Å². The van der Waals surface area contributed by atoms with Gasteiger partial charge >= 0.3 is 0 Å². The second-order valence-electron chi connectivity index (χ2n) is 7.17. The molecular weight excluding hydrogens is 336 g/mol. The van der Waals surface area contributed by atoms with E-state index in [0.29, 0.717) is 6.42 Å². The van der Waals surface area contributed by atoms with Gasteiger partial charge in [-0.1, -0.05) is 62.4 Å². The van der Waals surface area contributed by atoms with Crippen LogP contribution in [0.2, 0.25) is 0 Å². The molecule has 146 valence electrons. The van der Waals surface area contributed by atoms with Crippen LogP contribution >= 0.6 is 0 Å². The number of aliphatic hydroxyl groups is 1. The maximum Gasteiger partial charge on any atom is 0.239 e. The van der Waals surface area contributed by atoms with E-state index in [9.17, 15) is 9.90 Å². The molecule has 1 amide bonds. The zero-order valence-electron chi connectivity index (χ0n) is 16.9. The van der Waals surface area contributed by atoms with Crippen molar-refractivity contribution >= 4 is 5.91 Å². The van der Waals surface area contributed by atoms with Crippen LogP contribution in [0.4, 0.5) is 0 Å². The molecule has 0 aliphatic carbocycles. The van der Waals surface area contributed by atoms with Crippen LogP contribution in [0.25, 0.3) is 0 Å². The van der Waals surface area contributed by atoms with Gasteiger partial charge in [0.25, 0.3) is 0 Å². The maximum atomic E-state index is 12.8. The number of hydrogen-bond acceptors (Lipinski definition) is 3. The third-order valence-corrected chi connectivity index (χ3v) is 5.36. The van der Waals surface area contributed by atoms with Gasteiger partial charge in [0.1, 0.15) is 0 Å². The molecule has 0 spiro atoms. The lowest BCUT2D eigenvalue weighted by Crippen LogP contribution is -2.48. The molecule has 1 unspecified atom stereocenters. The lowest BCUT2D eigenvalue weighted by atomic mass is 9.96. The summed E-state index contributed by atoms with van der Waals surface area (Å²) in [6, 6.07) is 14.8. The van der Waals surface area contributed by atoms with E-state index in [0.717, 1.165) is 24.0 Å². The van der Waals surface area contributed by atoms with Crippen LogP contribution in [0, 0.1) is 0 Å². The fourth-order valence-corrected chi connectivity index (χ4v) is 3.42. The van der Waals surface area contributed by atoms with E-state index in [4.69, 9.17) is 5.73 Å². The lowest BCUT2D eigenvalue weighted by Gasteiger charge is -2.31. The lowest BCUT2D eigenvalue weighted by molar-refractivity contribution is -0.135. The standard InChI is InChI=1S/C23H32N2O2/c1-5-18-13-12-17(14-19(18)6-2)15-21(24)23(27)25(4)16(3)22(26)20-10-8-7-9-11-20/h7-14,16,21-22,26H,5-6,15,24H2,1-4H3/t16-,21?,22+/m0/s1. The van der Waals surface area contributed by atoms with E-state index in [1.54, 1.807) is 11.9 Å². The van der Waals surface area contributed by atoms with Gasteiger partial charge in [-0.25, -0.2) is 0 Å². The van der Waals surface area contributed by atoms with Gasteiger partial charge in [-0.15, -0.1) is 0 Å². The molecule has 3 N–H and O–H groups in total. The zero-order chi connectivity index (χ0) is 20.0. The minimum absolute atomic E-state index is 0.157. The number of carbonyl (C=O) groups excluding carboxylic acids is 1. The first-order chi connectivity index (χ1) is 12.9. The minimum Gasteiger partial charge on any atom is -0.386 e. The Bertz CT molecular complexity index is 745. The molecule has 0 aromatic heterocycles. The fourth-order valence-electron chi connectivity index (χ4n) is 3.42. The minimum atomic E-state index is -0.747. The number of benzene rings is 2. The molecule has 0 saturated carbocycles. The highest BCUT2D eigenvalue weighted by molar-refractivity contribution is 5.82. The predicted octanol–water partition coefficient (Wildman–Crippen LogP) is 3.26. The third kappa shape index (κ3) is 5.18. The van der Waals surface area contributed by atoms with Gasteiger partial charge in [0, 0.05) is 7.05 Å². The average molecular weight is 369 g/mol. The van der Waals surface area contributed by atoms with E-state index < -0.39 is 12.1 Å². The monoisotopic (exact) mass is 368 g/mol. The first kappa shape index (κ1) is 21.1. The first-order valence-corrected chi connectivity index (χ1v) is 9.74. The molecule has 0 radical (unpaired) electrons. The average Bonchev–Trinajstić information content (AvgIpc) is 2.71. The molecule has 0 aliphatic heterocycles. The summed E-state index contributed by atoms with van der Waals surface area (Å²) in [5, 5.41) is 10.6. The Kier molecular flexibility index (Phi) is 7.57. The summed E-state index contributed by atoms with van der Waals surface area (Å²) in [7, 11) is 1.71. The summed E-state index contributed by atoms with van der Waals surface area (Å²) in [6.45, 7) is 6.13. The van der Waals surface area contributed by atoms with Crippen molar-refractivity contribution in [2.24, 2.45) is 5.73 Å². The van der Waals surface area contributed by atoms with Crippen molar-refractivity contribution in [1.29, 1.82) is 0 Å². The van der Waals surface area contributed by atoms with E-state index in [-0.39, 0.29) is 11.9 Å². The normalized spacial score (nSPS) is 14.4.